The Balaban J connectivity index is 1.36. The number of fused-ring (bicyclic) bond motifs is 2. The quantitative estimate of drug-likeness (QED) is 0.909. The summed E-state index contributed by atoms with van der Waals surface area (Å²) in [6, 6.07) is 7.67. The Bertz CT molecular complexity index is 709. The Morgan fingerprint density at radius 3 is 2.70 bits per heavy atom. The minimum atomic E-state index is 0.137. The number of carbonyl (C=O) groups is 1. The predicted molar refractivity (Wildman–Crippen MR) is 90.8 cm³/mol. The average Bonchev–Trinajstić information content (AvgIpc) is 3.25. The van der Waals surface area contributed by atoms with Crippen LogP contribution in [0.5, 0.6) is 0 Å². The van der Waals surface area contributed by atoms with Crippen LogP contribution in [0.1, 0.15) is 32.1 Å². The topological polar surface area (TPSA) is 46.9 Å². The molecule has 4 nitrogen and oxygen atoms in total. The summed E-state index contributed by atoms with van der Waals surface area (Å²) in [6.45, 7) is 0. The fourth-order valence-corrected chi connectivity index (χ4v) is 4.35. The standard InChI is InChI=1S/C18H20ClN3O/c19-15-10-20-22(11-15)17-5-3-16(4-6-17)21-18(23)9-14-8-12-1-2-13(14)7-12/h3-6,10-14H,1-2,7-9H2,(H,21,23)/t12-,13-,14-/m1/s1. The number of benzene rings is 1. The molecule has 1 heterocycles. The van der Waals surface area contributed by atoms with Gasteiger partial charge >= 0.3 is 0 Å². The third kappa shape index (κ3) is 3.13. The first kappa shape index (κ1) is 14.8. The maximum Gasteiger partial charge on any atom is 0.224 e. The summed E-state index contributed by atoms with van der Waals surface area (Å²) in [5.41, 5.74) is 1.75. The molecule has 0 spiro atoms. The highest BCUT2D eigenvalue weighted by Gasteiger charge is 2.40. The van der Waals surface area contributed by atoms with Crippen LogP contribution in [0.25, 0.3) is 5.69 Å². The highest BCUT2D eigenvalue weighted by atomic mass is 35.5. The maximum atomic E-state index is 12.3. The number of nitrogens with one attached hydrogen (secondary N) is 1. The van der Waals surface area contributed by atoms with Crippen molar-refractivity contribution < 1.29 is 4.79 Å². The first-order valence-corrected chi connectivity index (χ1v) is 8.65. The number of hydrogen-bond donors (Lipinski definition) is 1. The van der Waals surface area contributed by atoms with Crippen molar-refractivity contribution in [2.24, 2.45) is 17.8 Å². The molecule has 2 bridgehead atoms. The van der Waals surface area contributed by atoms with Crippen LogP contribution in [-0.4, -0.2) is 15.7 Å². The molecule has 3 atom stereocenters. The molecule has 0 saturated heterocycles. The molecular formula is C18H20ClN3O. The van der Waals surface area contributed by atoms with E-state index in [9.17, 15) is 4.79 Å². The lowest BCUT2D eigenvalue weighted by atomic mass is 9.86. The SMILES string of the molecule is O=C(C[C@H]1C[C@@H]2CC[C@@H]1C2)Nc1ccc(-n2cc(Cl)cn2)cc1. The second-order valence-corrected chi connectivity index (χ2v) is 7.27. The van der Waals surface area contributed by atoms with Gasteiger partial charge in [-0.1, -0.05) is 18.0 Å². The van der Waals surface area contributed by atoms with Gasteiger partial charge < -0.3 is 5.32 Å². The Hall–Kier alpha value is -1.81. The van der Waals surface area contributed by atoms with Crippen molar-refractivity contribution in [1.82, 2.24) is 9.78 Å². The number of carbonyl (C=O) groups excluding carboxylic acids is 1. The van der Waals surface area contributed by atoms with Gasteiger partial charge in [-0.05, 0) is 61.3 Å². The lowest BCUT2D eigenvalue weighted by Gasteiger charge is -2.20. The molecule has 1 aromatic heterocycles. The fourth-order valence-electron chi connectivity index (χ4n) is 4.22. The molecule has 2 aliphatic carbocycles. The van der Waals surface area contributed by atoms with Gasteiger partial charge in [-0.25, -0.2) is 4.68 Å². The Morgan fingerprint density at radius 1 is 1.26 bits per heavy atom. The zero-order valence-corrected chi connectivity index (χ0v) is 13.7. The molecule has 2 saturated carbocycles. The van der Waals surface area contributed by atoms with Gasteiger partial charge in [0.05, 0.1) is 16.9 Å². The van der Waals surface area contributed by atoms with Crippen LogP contribution in [-0.2, 0) is 4.79 Å². The Morgan fingerprint density at radius 2 is 2.09 bits per heavy atom. The lowest BCUT2D eigenvalue weighted by Crippen LogP contribution is -2.20. The third-order valence-electron chi connectivity index (χ3n) is 5.30. The van der Waals surface area contributed by atoms with E-state index in [0.717, 1.165) is 23.2 Å². The number of amides is 1. The molecule has 1 amide bonds. The van der Waals surface area contributed by atoms with E-state index >= 15 is 0 Å². The zero-order valence-electron chi connectivity index (χ0n) is 12.9. The van der Waals surface area contributed by atoms with E-state index in [1.165, 1.54) is 25.7 Å². The summed E-state index contributed by atoms with van der Waals surface area (Å²) in [7, 11) is 0. The van der Waals surface area contributed by atoms with Crippen LogP contribution < -0.4 is 5.32 Å². The van der Waals surface area contributed by atoms with Crippen LogP contribution in [0.2, 0.25) is 5.02 Å². The van der Waals surface area contributed by atoms with Crippen molar-refractivity contribution in [2.45, 2.75) is 32.1 Å². The van der Waals surface area contributed by atoms with Crippen LogP contribution in [0, 0.1) is 17.8 Å². The van der Waals surface area contributed by atoms with Gasteiger partial charge in [0, 0.05) is 18.3 Å². The van der Waals surface area contributed by atoms with Crippen molar-refractivity contribution >= 4 is 23.2 Å². The van der Waals surface area contributed by atoms with Crippen molar-refractivity contribution in [3.63, 3.8) is 0 Å². The zero-order chi connectivity index (χ0) is 15.8. The highest BCUT2D eigenvalue weighted by molar-refractivity contribution is 6.30. The molecule has 1 aromatic carbocycles. The van der Waals surface area contributed by atoms with E-state index in [1.54, 1.807) is 17.1 Å². The lowest BCUT2D eigenvalue weighted by molar-refractivity contribution is -0.117. The fraction of sp³-hybridized carbons (Fsp3) is 0.444. The van der Waals surface area contributed by atoms with Crippen LogP contribution in [0.3, 0.4) is 0 Å². The van der Waals surface area contributed by atoms with Crippen LogP contribution >= 0.6 is 11.6 Å². The monoisotopic (exact) mass is 329 g/mol. The van der Waals surface area contributed by atoms with E-state index in [4.69, 9.17) is 11.6 Å². The van der Waals surface area contributed by atoms with Gasteiger partial charge in [0.15, 0.2) is 0 Å². The largest absolute Gasteiger partial charge is 0.326 e. The summed E-state index contributed by atoms with van der Waals surface area (Å²) >= 11 is 5.88. The van der Waals surface area contributed by atoms with E-state index in [2.05, 4.69) is 10.4 Å². The molecule has 2 aliphatic rings. The van der Waals surface area contributed by atoms with Crippen molar-refractivity contribution in [3.05, 3.63) is 41.7 Å². The number of nitrogens with zero attached hydrogens (tertiary/aromatic N) is 2. The summed E-state index contributed by atoms with van der Waals surface area (Å²) in [5, 5.41) is 7.79. The number of halogens is 1. The van der Waals surface area contributed by atoms with Crippen molar-refractivity contribution in [2.75, 3.05) is 5.32 Å². The van der Waals surface area contributed by atoms with E-state index in [1.807, 2.05) is 24.3 Å². The summed E-state index contributed by atoms with van der Waals surface area (Å²) in [5.74, 6) is 2.41. The number of anilines is 1. The van der Waals surface area contributed by atoms with Gasteiger partial charge in [-0.15, -0.1) is 0 Å². The molecule has 5 heteroatoms. The predicted octanol–water partition coefficient (Wildman–Crippen LogP) is 4.29. The molecular weight excluding hydrogens is 310 g/mol. The molecule has 2 fully saturated rings. The summed E-state index contributed by atoms with van der Waals surface area (Å²) in [4.78, 5) is 12.3. The average molecular weight is 330 g/mol. The first-order valence-electron chi connectivity index (χ1n) is 8.28. The first-order chi connectivity index (χ1) is 11.2. The number of aromatic nitrogens is 2. The number of rotatable bonds is 4. The number of hydrogen-bond acceptors (Lipinski definition) is 2. The Labute approximate surface area is 140 Å². The van der Waals surface area contributed by atoms with Crippen LogP contribution in [0.4, 0.5) is 5.69 Å². The third-order valence-corrected chi connectivity index (χ3v) is 5.49. The van der Waals surface area contributed by atoms with E-state index in [-0.39, 0.29) is 5.91 Å². The van der Waals surface area contributed by atoms with Crippen molar-refractivity contribution in [1.29, 1.82) is 0 Å². The maximum absolute atomic E-state index is 12.3. The molecule has 0 aliphatic heterocycles. The highest BCUT2D eigenvalue weighted by Crippen LogP contribution is 2.49. The van der Waals surface area contributed by atoms with E-state index < -0.39 is 0 Å². The van der Waals surface area contributed by atoms with E-state index in [0.29, 0.717) is 17.4 Å². The molecule has 1 N–H and O–H groups in total. The molecule has 23 heavy (non-hydrogen) atoms. The van der Waals surface area contributed by atoms with Gasteiger partial charge in [0.2, 0.25) is 5.91 Å². The van der Waals surface area contributed by atoms with Crippen LogP contribution in [0.15, 0.2) is 36.7 Å². The minimum Gasteiger partial charge on any atom is -0.326 e. The summed E-state index contributed by atoms with van der Waals surface area (Å²) < 4.78 is 1.71. The summed E-state index contributed by atoms with van der Waals surface area (Å²) in [6.07, 6.45) is 9.32. The van der Waals surface area contributed by atoms with Gasteiger partial charge in [-0.2, -0.15) is 5.10 Å². The second kappa shape index (κ2) is 6.00. The normalized spacial score (nSPS) is 25.7. The van der Waals surface area contributed by atoms with Gasteiger partial charge in [0.1, 0.15) is 0 Å². The molecule has 0 unspecified atom stereocenters. The second-order valence-electron chi connectivity index (χ2n) is 6.84. The smallest absolute Gasteiger partial charge is 0.224 e. The molecule has 4 rings (SSSR count). The van der Waals surface area contributed by atoms with Crippen molar-refractivity contribution in [3.8, 4) is 5.69 Å². The molecule has 2 aromatic rings. The minimum absolute atomic E-state index is 0.137. The molecule has 0 radical (unpaired) electrons. The van der Waals surface area contributed by atoms with Gasteiger partial charge in [0.25, 0.3) is 0 Å². The molecule has 120 valence electrons. The van der Waals surface area contributed by atoms with Gasteiger partial charge in [-0.3, -0.25) is 4.79 Å². The Kier molecular flexibility index (Phi) is 3.85.